The van der Waals surface area contributed by atoms with Crippen LogP contribution in [-0.4, -0.2) is 96.7 Å². The SMILES string of the molecule is CCCCCCCCCCC(=O)OC[C@H](COP(=O)(O)OC[C@@H](O)COP(=O)(O)OC[C@@H](COC(=O)CCCCCCC)OC(=O)CCCCCCCCC)OC(=O)CCCCCCCCCCCCCCC(C)C. The topological polar surface area (TPSA) is 237 Å². The van der Waals surface area contributed by atoms with Gasteiger partial charge in [-0.25, -0.2) is 9.13 Å². The van der Waals surface area contributed by atoms with E-state index in [1.165, 1.54) is 70.6 Å². The second kappa shape index (κ2) is 50.3. The first-order chi connectivity index (χ1) is 36.0. The largest absolute Gasteiger partial charge is 0.472 e. The Balaban J connectivity index is 5.13. The number of aliphatic hydroxyl groups is 1. The number of carbonyl (C=O) groups is 4. The number of phosphoric acid groups is 2. The van der Waals surface area contributed by atoms with Crippen LogP contribution in [0.5, 0.6) is 0 Å². The molecule has 0 aliphatic carbocycles. The minimum Gasteiger partial charge on any atom is -0.462 e. The lowest BCUT2D eigenvalue weighted by Gasteiger charge is -2.21. The molecule has 0 aliphatic heterocycles. The van der Waals surface area contributed by atoms with Crippen molar-refractivity contribution in [2.24, 2.45) is 5.92 Å². The summed E-state index contributed by atoms with van der Waals surface area (Å²) < 4.78 is 67.3. The van der Waals surface area contributed by atoms with E-state index in [4.69, 9.17) is 37.0 Å². The van der Waals surface area contributed by atoms with Gasteiger partial charge in [-0.05, 0) is 31.6 Å². The number of phosphoric ester groups is 2. The fraction of sp³-hybridized carbons (Fsp3) is 0.929. The van der Waals surface area contributed by atoms with E-state index in [1.54, 1.807) is 0 Å². The summed E-state index contributed by atoms with van der Waals surface area (Å²) in [5, 5.41) is 10.4. The average Bonchev–Trinajstić information content (AvgIpc) is 3.37. The number of aliphatic hydroxyl groups excluding tert-OH is 1. The molecule has 2 unspecified atom stereocenters. The zero-order chi connectivity index (χ0) is 55.7. The van der Waals surface area contributed by atoms with Gasteiger partial charge in [0, 0.05) is 25.7 Å². The maximum Gasteiger partial charge on any atom is 0.472 e. The molecule has 444 valence electrons. The molecule has 0 aliphatic rings. The standard InChI is InChI=1S/C56H108O17P2/c1-6-9-12-15-17-26-30-35-40-54(59)67-46-52(73-56(61)42-37-32-27-23-21-19-18-20-22-25-29-33-38-49(4)5)48-71-75(64,65)69-44-50(57)43-68-74(62,63)70-47-51(45-66-53(58)39-34-28-14-11-8-3)72-55(60)41-36-31-24-16-13-10-7-2/h49-52,57H,6-48H2,1-5H3,(H,62,63)(H,64,65)/t50-,51+,52+/m0/s1. The van der Waals surface area contributed by atoms with Crippen LogP contribution < -0.4 is 0 Å². The number of unbranched alkanes of at least 4 members (excludes halogenated alkanes) is 28. The highest BCUT2D eigenvalue weighted by molar-refractivity contribution is 7.47. The normalized spacial score (nSPS) is 14.5. The smallest absolute Gasteiger partial charge is 0.462 e. The fourth-order valence-corrected chi connectivity index (χ4v) is 9.75. The van der Waals surface area contributed by atoms with Gasteiger partial charge in [0.1, 0.15) is 19.3 Å². The average molecular weight is 1120 g/mol. The molecule has 0 amide bonds. The predicted octanol–water partition coefficient (Wildman–Crippen LogP) is 14.7. The Hall–Kier alpha value is -1.94. The Morgan fingerprint density at radius 1 is 0.360 bits per heavy atom. The van der Waals surface area contributed by atoms with Gasteiger partial charge in [-0.3, -0.25) is 37.3 Å². The molecule has 0 radical (unpaired) electrons. The van der Waals surface area contributed by atoms with Crippen LogP contribution in [-0.2, 0) is 65.4 Å². The van der Waals surface area contributed by atoms with Crippen molar-refractivity contribution in [3.05, 3.63) is 0 Å². The monoisotopic (exact) mass is 1110 g/mol. The van der Waals surface area contributed by atoms with Crippen molar-refractivity contribution in [3.63, 3.8) is 0 Å². The first-order valence-electron chi connectivity index (χ1n) is 29.6. The minimum atomic E-state index is -4.93. The van der Waals surface area contributed by atoms with E-state index in [1.807, 2.05) is 0 Å². The van der Waals surface area contributed by atoms with E-state index in [0.29, 0.717) is 25.7 Å². The molecular weight excluding hydrogens is 1010 g/mol. The van der Waals surface area contributed by atoms with Crippen LogP contribution >= 0.6 is 15.6 Å². The summed E-state index contributed by atoms with van der Waals surface area (Å²) >= 11 is 0. The van der Waals surface area contributed by atoms with Crippen molar-refractivity contribution < 1.29 is 80.2 Å². The molecule has 3 N–H and O–H groups in total. The first kappa shape index (κ1) is 73.1. The molecule has 0 rings (SSSR count). The van der Waals surface area contributed by atoms with Crippen molar-refractivity contribution in [2.45, 2.75) is 291 Å². The number of esters is 4. The molecule has 0 fully saturated rings. The molecule has 0 saturated heterocycles. The second-order valence-electron chi connectivity index (χ2n) is 20.8. The zero-order valence-electron chi connectivity index (χ0n) is 47.7. The number of ether oxygens (including phenoxy) is 4. The van der Waals surface area contributed by atoms with Gasteiger partial charge in [0.25, 0.3) is 0 Å². The van der Waals surface area contributed by atoms with Crippen LogP contribution in [0, 0.1) is 5.92 Å². The van der Waals surface area contributed by atoms with E-state index in [9.17, 15) is 43.2 Å². The summed E-state index contributed by atoms with van der Waals surface area (Å²) in [5.74, 6) is -1.39. The van der Waals surface area contributed by atoms with Crippen LogP contribution in [0.3, 0.4) is 0 Å². The maximum absolute atomic E-state index is 12.9. The third-order valence-corrected chi connectivity index (χ3v) is 14.7. The Morgan fingerprint density at radius 2 is 0.613 bits per heavy atom. The lowest BCUT2D eigenvalue weighted by atomic mass is 10.0. The Labute approximate surface area is 454 Å². The summed E-state index contributed by atoms with van der Waals surface area (Å²) in [6.45, 7) is 6.98. The quantitative estimate of drug-likeness (QED) is 0.0222. The van der Waals surface area contributed by atoms with Crippen LogP contribution in [0.1, 0.15) is 272 Å². The third kappa shape index (κ3) is 51.3. The number of hydrogen-bond acceptors (Lipinski definition) is 15. The molecule has 0 heterocycles. The highest BCUT2D eigenvalue weighted by Crippen LogP contribution is 2.45. The van der Waals surface area contributed by atoms with Crippen LogP contribution in [0.4, 0.5) is 0 Å². The number of carbonyl (C=O) groups excluding carboxylic acids is 4. The van der Waals surface area contributed by atoms with Gasteiger partial charge in [0.05, 0.1) is 26.4 Å². The summed E-state index contributed by atoms with van der Waals surface area (Å²) in [4.78, 5) is 71.4. The summed E-state index contributed by atoms with van der Waals surface area (Å²) in [5.41, 5.74) is 0. The van der Waals surface area contributed by atoms with Gasteiger partial charge >= 0.3 is 39.5 Å². The summed E-state index contributed by atoms with van der Waals surface area (Å²) in [6.07, 6.45) is 31.2. The molecule has 17 nitrogen and oxygen atoms in total. The van der Waals surface area contributed by atoms with Crippen LogP contribution in [0.25, 0.3) is 0 Å². The Morgan fingerprint density at radius 3 is 0.907 bits per heavy atom. The van der Waals surface area contributed by atoms with E-state index in [0.717, 1.165) is 121 Å². The number of hydrogen-bond donors (Lipinski definition) is 3. The molecule has 0 spiro atoms. The number of rotatable bonds is 56. The van der Waals surface area contributed by atoms with Gasteiger partial charge in [-0.1, -0.05) is 221 Å². The molecule has 0 aromatic rings. The van der Waals surface area contributed by atoms with E-state index >= 15 is 0 Å². The van der Waals surface area contributed by atoms with Crippen molar-refractivity contribution in [2.75, 3.05) is 39.6 Å². The van der Waals surface area contributed by atoms with Crippen molar-refractivity contribution in [1.82, 2.24) is 0 Å². The highest BCUT2D eigenvalue weighted by Gasteiger charge is 2.30. The van der Waals surface area contributed by atoms with Crippen LogP contribution in [0.15, 0.2) is 0 Å². The van der Waals surface area contributed by atoms with Crippen LogP contribution in [0.2, 0.25) is 0 Å². The lowest BCUT2D eigenvalue weighted by Crippen LogP contribution is -2.30. The van der Waals surface area contributed by atoms with Crippen molar-refractivity contribution >= 4 is 39.5 Å². The molecule has 0 bridgehead atoms. The molecular formula is C56H108O17P2. The van der Waals surface area contributed by atoms with Gasteiger partial charge in [0.15, 0.2) is 12.2 Å². The van der Waals surface area contributed by atoms with Crippen molar-refractivity contribution in [3.8, 4) is 0 Å². The molecule has 0 saturated carbocycles. The summed E-state index contributed by atoms with van der Waals surface area (Å²) in [7, 11) is -9.85. The second-order valence-corrected chi connectivity index (χ2v) is 23.7. The summed E-state index contributed by atoms with van der Waals surface area (Å²) in [6, 6.07) is 0. The highest BCUT2D eigenvalue weighted by atomic mass is 31.2. The predicted molar refractivity (Wildman–Crippen MR) is 294 cm³/mol. The minimum absolute atomic E-state index is 0.103. The van der Waals surface area contributed by atoms with E-state index in [-0.39, 0.29) is 25.7 Å². The molecule has 75 heavy (non-hydrogen) atoms. The molecule has 19 heteroatoms. The Kier molecular flexibility index (Phi) is 49.0. The van der Waals surface area contributed by atoms with E-state index in [2.05, 4.69) is 34.6 Å². The lowest BCUT2D eigenvalue weighted by molar-refractivity contribution is -0.161. The first-order valence-corrected chi connectivity index (χ1v) is 32.6. The fourth-order valence-electron chi connectivity index (χ4n) is 8.17. The third-order valence-electron chi connectivity index (χ3n) is 12.8. The van der Waals surface area contributed by atoms with Crippen molar-refractivity contribution in [1.29, 1.82) is 0 Å². The zero-order valence-corrected chi connectivity index (χ0v) is 49.5. The van der Waals surface area contributed by atoms with E-state index < -0.39 is 97.5 Å². The Bertz CT molecular complexity index is 1480. The molecule has 0 aromatic carbocycles. The molecule has 5 atom stereocenters. The van der Waals surface area contributed by atoms with Gasteiger partial charge in [-0.15, -0.1) is 0 Å². The van der Waals surface area contributed by atoms with Gasteiger partial charge in [-0.2, -0.15) is 0 Å². The maximum atomic E-state index is 12.9. The molecule has 0 aromatic heterocycles. The van der Waals surface area contributed by atoms with Gasteiger partial charge < -0.3 is 33.8 Å². The van der Waals surface area contributed by atoms with Gasteiger partial charge in [0.2, 0.25) is 0 Å².